The standard InChI is InChI=1S/C16H26FNO2/c1-5-16(6-2,11-19)10-18-12(3)15-13(17)8-7-9-14(15)20-4/h7-9,12,18-19H,5-6,10-11H2,1-4H3. The average molecular weight is 283 g/mol. The number of aliphatic hydroxyl groups excluding tert-OH is 1. The van der Waals surface area contributed by atoms with Gasteiger partial charge in [0.25, 0.3) is 0 Å². The van der Waals surface area contributed by atoms with Gasteiger partial charge in [-0.05, 0) is 31.9 Å². The lowest BCUT2D eigenvalue weighted by molar-refractivity contribution is 0.110. The minimum Gasteiger partial charge on any atom is -0.496 e. The van der Waals surface area contributed by atoms with Crippen LogP contribution in [0.2, 0.25) is 0 Å². The third-order valence-electron chi connectivity index (χ3n) is 4.28. The van der Waals surface area contributed by atoms with Gasteiger partial charge in [0.1, 0.15) is 11.6 Å². The molecule has 114 valence electrons. The van der Waals surface area contributed by atoms with Crippen LogP contribution in [-0.2, 0) is 0 Å². The topological polar surface area (TPSA) is 41.5 Å². The van der Waals surface area contributed by atoms with E-state index in [-0.39, 0.29) is 23.9 Å². The summed E-state index contributed by atoms with van der Waals surface area (Å²) in [5, 5.41) is 12.9. The van der Waals surface area contributed by atoms with Gasteiger partial charge in [-0.25, -0.2) is 4.39 Å². The van der Waals surface area contributed by atoms with Gasteiger partial charge in [0.2, 0.25) is 0 Å². The molecule has 2 N–H and O–H groups in total. The van der Waals surface area contributed by atoms with Crippen LogP contribution in [0.5, 0.6) is 5.75 Å². The Morgan fingerprint density at radius 2 is 2.00 bits per heavy atom. The van der Waals surface area contributed by atoms with Crippen LogP contribution in [0.25, 0.3) is 0 Å². The molecule has 0 aliphatic carbocycles. The molecular weight excluding hydrogens is 257 g/mol. The zero-order valence-electron chi connectivity index (χ0n) is 12.9. The molecule has 20 heavy (non-hydrogen) atoms. The monoisotopic (exact) mass is 283 g/mol. The van der Waals surface area contributed by atoms with Crippen molar-refractivity contribution < 1.29 is 14.2 Å². The SMILES string of the molecule is CCC(CC)(CO)CNC(C)c1c(F)cccc1OC. The highest BCUT2D eigenvalue weighted by Gasteiger charge is 2.26. The molecule has 0 bridgehead atoms. The predicted octanol–water partition coefficient (Wildman–Crippen LogP) is 3.28. The van der Waals surface area contributed by atoms with Crippen molar-refractivity contribution in [2.75, 3.05) is 20.3 Å². The first kappa shape index (κ1) is 16.9. The van der Waals surface area contributed by atoms with E-state index in [4.69, 9.17) is 4.74 Å². The van der Waals surface area contributed by atoms with Crippen LogP contribution in [0, 0.1) is 11.2 Å². The molecule has 0 aliphatic heterocycles. The van der Waals surface area contributed by atoms with Crippen molar-refractivity contribution in [3.05, 3.63) is 29.6 Å². The summed E-state index contributed by atoms with van der Waals surface area (Å²) in [5.74, 6) is 0.277. The Hall–Kier alpha value is -1.13. The van der Waals surface area contributed by atoms with Gasteiger partial charge >= 0.3 is 0 Å². The first-order chi connectivity index (χ1) is 9.53. The molecule has 1 rings (SSSR count). The molecule has 1 unspecified atom stereocenters. The second kappa shape index (κ2) is 7.60. The van der Waals surface area contributed by atoms with Gasteiger partial charge in [0.05, 0.1) is 7.11 Å². The number of aliphatic hydroxyl groups is 1. The number of hydrogen-bond acceptors (Lipinski definition) is 3. The fourth-order valence-corrected chi connectivity index (χ4v) is 2.37. The Morgan fingerprint density at radius 3 is 2.50 bits per heavy atom. The van der Waals surface area contributed by atoms with Crippen molar-refractivity contribution in [3.8, 4) is 5.75 Å². The Bertz CT molecular complexity index is 411. The quantitative estimate of drug-likeness (QED) is 0.769. The Balaban J connectivity index is 2.84. The van der Waals surface area contributed by atoms with E-state index in [1.807, 2.05) is 6.92 Å². The Morgan fingerprint density at radius 1 is 1.35 bits per heavy atom. The Kier molecular flexibility index (Phi) is 6.43. The maximum absolute atomic E-state index is 14.0. The molecule has 0 aliphatic rings. The molecule has 1 atom stereocenters. The number of hydrogen-bond donors (Lipinski definition) is 2. The van der Waals surface area contributed by atoms with E-state index in [0.717, 1.165) is 12.8 Å². The van der Waals surface area contributed by atoms with Crippen molar-refractivity contribution in [2.24, 2.45) is 5.41 Å². The molecule has 1 aromatic rings. The van der Waals surface area contributed by atoms with E-state index in [1.54, 1.807) is 19.2 Å². The van der Waals surface area contributed by atoms with Gasteiger partial charge in [-0.2, -0.15) is 0 Å². The highest BCUT2D eigenvalue weighted by Crippen LogP contribution is 2.30. The van der Waals surface area contributed by atoms with E-state index in [9.17, 15) is 9.50 Å². The van der Waals surface area contributed by atoms with Gasteiger partial charge in [-0.15, -0.1) is 0 Å². The normalized spacial score (nSPS) is 13.3. The van der Waals surface area contributed by atoms with E-state index in [0.29, 0.717) is 17.9 Å². The van der Waals surface area contributed by atoms with Crippen LogP contribution in [-0.4, -0.2) is 25.4 Å². The van der Waals surface area contributed by atoms with Crippen molar-refractivity contribution in [2.45, 2.75) is 39.7 Å². The summed E-state index contributed by atoms with van der Waals surface area (Å²) in [4.78, 5) is 0. The van der Waals surface area contributed by atoms with Crippen molar-refractivity contribution in [1.82, 2.24) is 5.32 Å². The van der Waals surface area contributed by atoms with Gasteiger partial charge in [-0.1, -0.05) is 19.9 Å². The zero-order chi connectivity index (χ0) is 15.2. The van der Waals surface area contributed by atoms with Crippen LogP contribution in [0.3, 0.4) is 0 Å². The molecule has 3 nitrogen and oxygen atoms in total. The van der Waals surface area contributed by atoms with Crippen LogP contribution in [0.15, 0.2) is 18.2 Å². The van der Waals surface area contributed by atoms with Gasteiger partial charge in [-0.3, -0.25) is 0 Å². The van der Waals surface area contributed by atoms with E-state index in [2.05, 4.69) is 19.2 Å². The number of nitrogens with one attached hydrogen (secondary N) is 1. The molecule has 0 heterocycles. The zero-order valence-corrected chi connectivity index (χ0v) is 12.9. The summed E-state index contributed by atoms with van der Waals surface area (Å²) >= 11 is 0. The van der Waals surface area contributed by atoms with Gasteiger partial charge < -0.3 is 15.2 Å². The van der Waals surface area contributed by atoms with Gasteiger partial charge in [0, 0.05) is 30.2 Å². The smallest absolute Gasteiger partial charge is 0.131 e. The Labute approximate surface area is 121 Å². The van der Waals surface area contributed by atoms with Crippen LogP contribution >= 0.6 is 0 Å². The fourth-order valence-electron chi connectivity index (χ4n) is 2.37. The summed E-state index contributed by atoms with van der Waals surface area (Å²) < 4.78 is 19.2. The number of ether oxygens (including phenoxy) is 1. The summed E-state index contributed by atoms with van der Waals surface area (Å²) in [6.07, 6.45) is 1.77. The van der Waals surface area contributed by atoms with Crippen LogP contribution in [0.1, 0.15) is 45.2 Å². The second-order valence-electron chi connectivity index (χ2n) is 5.32. The first-order valence-corrected chi connectivity index (χ1v) is 7.20. The van der Waals surface area contributed by atoms with Crippen molar-refractivity contribution in [1.29, 1.82) is 0 Å². The molecule has 0 amide bonds. The molecular formula is C16H26FNO2. The highest BCUT2D eigenvalue weighted by atomic mass is 19.1. The van der Waals surface area contributed by atoms with Crippen molar-refractivity contribution in [3.63, 3.8) is 0 Å². The van der Waals surface area contributed by atoms with E-state index >= 15 is 0 Å². The third-order valence-corrected chi connectivity index (χ3v) is 4.28. The number of rotatable bonds is 8. The first-order valence-electron chi connectivity index (χ1n) is 7.20. The van der Waals surface area contributed by atoms with Gasteiger partial charge in [0.15, 0.2) is 0 Å². The lowest BCUT2D eigenvalue weighted by Crippen LogP contribution is -2.37. The van der Waals surface area contributed by atoms with Crippen molar-refractivity contribution >= 4 is 0 Å². The second-order valence-corrected chi connectivity index (χ2v) is 5.32. The summed E-state index contributed by atoms with van der Waals surface area (Å²) in [7, 11) is 1.54. The molecule has 4 heteroatoms. The minimum absolute atomic E-state index is 0.133. The molecule has 0 saturated heterocycles. The summed E-state index contributed by atoms with van der Waals surface area (Å²) in [6.45, 7) is 6.82. The predicted molar refractivity (Wildman–Crippen MR) is 79.5 cm³/mol. The molecule has 0 spiro atoms. The third kappa shape index (κ3) is 3.70. The minimum atomic E-state index is -0.271. The summed E-state index contributed by atoms with van der Waals surface area (Å²) in [5.41, 5.74) is 0.390. The fraction of sp³-hybridized carbons (Fsp3) is 0.625. The molecule has 1 aromatic carbocycles. The lowest BCUT2D eigenvalue weighted by Gasteiger charge is -2.31. The number of benzene rings is 1. The molecule has 0 radical (unpaired) electrons. The maximum Gasteiger partial charge on any atom is 0.131 e. The average Bonchev–Trinajstić information content (AvgIpc) is 2.48. The van der Waals surface area contributed by atoms with Crippen LogP contribution < -0.4 is 10.1 Å². The lowest BCUT2D eigenvalue weighted by atomic mass is 9.83. The molecule has 0 fully saturated rings. The van der Waals surface area contributed by atoms with E-state index in [1.165, 1.54) is 6.07 Å². The van der Waals surface area contributed by atoms with E-state index < -0.39 is 0 Å². The molecule has 0 aromatic heterocycles. The summed E-state index contributed by atoms with van der Waals surface area (Å²) in [6, 6.07) is 4.67. The highest BCUT2D eigenvalue weighted by molar-refractivity contribution is 5.36. The van der Waals surface area contributed by atoms with Crippen LogP contribution in [0.4, 0.5) is 4.39 Å². The number of methoxy groups -OCH3 is 1. The number of halogens is 1. The maximum atomic E-state index is 14.0. The molecule has 0 saturated carbocycles. The largest absolute Gasteiger partial charge is 0.496 e.